The van der Waals surface area contributed by atoms with Gasteiger partial charge >= 0.3 is 11.5 Å². The van der Waals surface area contributed by atoms with Crippen LogP contribution in [-0.2, 0) is 4.74 Å². The van der Waals surface area contributed by atoms with Gasteiger partial charge in [0.1, 0.15) is 6.61 Å². The fourth-order valence-corrected chi connectivity index (χ4v) is 1.68. The molecule has 0 saturated carbocycles. The maximum absolute atomic E-state index is 11.8. The molecular weight excluding hydrogens is 291 g/mol. The van der Waals surface area contributed by atoms with E-state index in [-0.39, 0.29) is 40.4 Å². The third-order valence-electron chi connectivity index (χ3n) is 1.83. The highest BCUT2D eigenvalue weighted by molar-refractivity contribution is 8.00. The minimum Gasteiger partial charge on any atom is -0.461 e. The first kappa shape index (κ1) is 15.0. The number of halogens is 4. The van der Waals surface area contributed by atoms with Crippen molar-refractivity contribution in [3.63, 3.8) is 0 Å². The fourth-order valence-electron chi connectivity index (χ4n) is 1.08. The molecule has 0 spiro atoms. The number of rotatable bonds is 4. The number of benzene rings is 1. The van der Waals surface area contributed by atoms with Crippen LogP contribution in [0.4, 0.5) is 18.9 Å². The number of anilines is 1. The molecule has 0 heterocycles. The number of nitrogen functional groups attached to an aromatic ring is 1. The van der Waals surface area contributed by atoms with Gasteiger partial charge < -0.3 is 10.5 Å². The van der Waals surface area contributed by atoms with Crippen molar-refractivity contribution in [2.24, 2.45) is 0 Å². The standard InChI is InChI=1S/C10H9ClF3NO2S/c11-8-6(2-1-3-7(8)15)9(16)17-4-5-18-10(12,13)14/h1-3H,4-5,15H2. The molecule has 0 amide bonds. The van der Waals surface area contributed by atoms with Crippen molar-refractivity contribution in [1.82, 2.24) is 0 Å². The summed E-state index contributed by atoms with van der Waals surface area (Å²) in [6.07, 6.45) is 0. The summed E-state index contributed by atoms with van der Waals surface area (Å²) >= 11 is 5.51. The zero-order chi connectivity index (χ0) is 13.8. The molecule has 8 heteroatoms. The molecule has 18 heavy (non-hydrogen) atoms. The van der Waals surface area contributed by atoms with Gasteiger partial charge in [0.15, 0.2) is 0 Å². The molecule has 1 rings (SSSR count). The summed E-state index contributed by atoms with van der Waals surface area (Å²) in [7, 11) is 0. The van der Waals surface area contributed by atoms with Crippen molar-refractivity contribution < 1.29 is 22.7 Å². The number of alkyl halides is 3. The van der Waals surface area contributed by atoms with Crippen LogP contribution in [0.1, 0.15) is 10.4 Å². The molecule has 0 radical (unpaired) electrons. The van der Waals surface area contributed by atoms with Crippen molar-refractivity contribution in [2.75, 3.05) is 18.1 Å². The van der Waals surface area contributed by atoms with Gasteiger partial charge in [-0.25, -0.2) is 4.79 Å². The van der Waals surface area contributed by atoms with E-state index in [4.69, 9.17) is 17.3 Å². The molecule has 0 unspecified atom stereocenters. The first-order valence-corrected chi connectivity index (χ1v) is 6.09. The number of hydrogen-bond acceptors (Lipinski definition) is 4. The Balaban J connectivity index is 2.49. The average Bonchev–Trinajstić information content (AvgIpc) is 2.26. The smallest absolute Gasteiger partial charge is 0.441 e. The van der Waals surface area contributed by atoms with Crippen molar-refractivity contribution in [1.29, 1.82) is 0 Å². The van der Waals surface area contributed by atoms with Gasteiger partial charge in [-0.3, -0.25) is 0 Å². The Kier molecular flexibility index (Phi) is 5.15. The van der Waals surface area contributed by atoms with Gasteiger partial charge in [-0.2, -0.15) is 13.2 Å². The van der Waals surface area contributed by atoms with Gasteiger partial charge in [0.25, 0.3) is 0 Å². The van der Waals surface area contributed by atoms with E-state index < -0.39 is 11.5 Å². The van der Waals surface area contributed by atoms with Gasteiger partial charge in [0, 0.05) is 5.75 Å². The summed E-state index contributed by atoms with van der Waals surface area (Å²) in [6, 6.07) is 4.39. The van der Waals surface area contributed by atoms with E-state index in [0.717, 1.165) is 0 Å². The zero-order valence-corrected chi connectivity index (χ0v) is 10.5. The first-order valence-electron chi connectivity index (χ1n) is 4.73. The van der Waals surface area contributed by atoms with Crippen molar-refractivity contribution in [3.8, 4) is 0 Å². The van der Waals surface area contributed by atoms with Crippen molar-refractivity contribution >= 4 is 35.0 Å². The van der Waals surface area contributed by atoms with Crippen molar-refractivity contribution in [3.05, 3.63) is 28.8 Å². The average molecular weight is 300 g/mol. The molecule has 0 bridgehead atoms. The van der Waals surface area contributed by atoms with Crippen LogP contribution in [0.2, 0.25) is 5.02 Å². The second-order valence-electron chi connectivity index (χ2n) is 3.14. The minimum atomic E-state index is -4.33. The highest BCUT2D eigenvalue weighted by atomic mass is 35.5. The quantitative estimate of drug-likeness (QED) is 0.526. The third-order valence-corrected chi connectivity index (χ3v) is 2.95. The summed E-state index contributed by atoms with van der Waals surface area (Å²) < 4.78 is 40.1. The molecule has 2 N–H and O–H groups in total. The molecular formula is C10H9ClF3NO2S. The lowest BCUT2D eigenvalue weighted by Gasteiger charge is -2.08. The summed E-state index contributed by atoms with van der Waals surface area (Å²) in [5.74, 6) is -1.16. The molecule has 0 atom stereocenters. The summed E-state index contributed by atoms with van der Waals surface area (Å²) in [5.41, 5.74) is 1.39. The van der Waals surface area contributed by atoms with E-state index in [0.29, 0.717) is 0 Å². The fraction of sp³-hybridized carbons (Fsp3) is 0.300. The minimum absolute atomic E-state index is 0.0333. The van der Waals surface area contributed by atoms with Crippen LogP contribution in [0.3, 0.4) is 0 Å². The number of esters is 1. The van der Waals surface area contributed by atoms with E-state index in [1.165, 1.54) is 18.2 Å². The van der Waals surface area contributed by atoms with Crippen LogP contribution < -0.4 is 5.73 Å². The lowest BCUT2D eigenvalue weighted by Crippen LogP contribution is -2.11. The second-order valence-corrected chi connectivity index (χ2v) is 4.68. The number of carbonyl (C=O) groups is 1. The SMILES string of the molecule is Nc1cccc(C(=O)OCCSC(F)(F)F)c1Cl. The zero-order valence-electron chi connectivity index (χ0n) is 8.96. The monoisotopic (exact) mass is 299 g/mol. The van der Waals surface area contributed by atoms with Gasteiger partial charge in [-0.1, -0.05) is 17.7 Å². The van der Waals surface area contributed by atoms with E-state index in [9.17, 15) is 18.0 Å². The van der Waals surface area contributed by atoms with Crippen LogP contribution in [0.15, 0.2) is 18.2 Å². The Bertz CT molecular complexity index is 440. The van der Waals surface area contributed by atoms with Crippen LogP contribution in [-0.4, -0.2) is 23.8 Å². The molecule has 0 aliphatic carbocycles. The van der Waals surface area contributed by atoms with Crippen LogP contribution in [0.5, 0.6) is 0 Å². The lowest BCUT2D eigenvalue weighted by molar-refractivity contribution is -0.0331. The number of nitrogens with two attached hydrogens (primary N) is 1. The summed E-state index contributed by atoms with van der Waals surface area (Å²) in [4.78, 5) is 11.5. The maximum atomic E-state index is 11.8. The Morgan fingerprint density at radius 1 is 1.44 bits per heavy atom. The Hall–Kier alpha value is -1.08. The van der Waals surface area contributed by atoms with E-state index in [2.05, 4.69) is 4.74 Å². The van der Waals surface area contributed by atoms with E-state index >= 15 is 0 Å². The Labute approximate surface area is 110 Å². The molecule has 0 aromatic heterocycles. The lowest BCUT2D eigenvalue weighted by atomic mass is 10.2. The van der Waals surface area contributed by atoms with Gasteiger partial charge in [0.2, 0.25) is 0 Å². The van der Waals surface area contributed by atoms with Crippen LogP contribution in [0, 0.1) is 0 Å². The highest BCUT2D eigenvalue weighted by Crippen LogP contribution is 2.30. The Morgan fingerprint density at radius 3 is 2.72 bits per heavy atom. The number of carbonyl (C=O) groups excluding carboxylic acids is 1. The van der Waals surface area contributed by atoms with Crippen LogP contribution in [0.25, 0.3) is 0 Å². The number of hydrogen-bond donors (Lipinski definition) is 1. The number of ether oxygens (including phenoxy) is 1. The predicted octanol–water partition coefficient (Wildman–Crippen LogP) is 3.33. The normalized spacial score (nSPS) is 11.3. The first-order chi connectivity index (χ1) is 8.31. The molecule has 1 aromatic rings. The van der Waals surface area contributed by atoms with Gasteiger partial charge in [-0.05, 0) is 23.9 Å². The van der Waals surface area contributed by atoms with E-state index in [1.54, 1.807) is 0 Å². The predicted molar refractivity (Wildman–Crippen MR) is 64.7 cm³/mol. The molecule has 0 aliphatic heterocycles. The third kappa shape index (κ3) is 4.66. The van der Waals surface area contributed by atoms with Gasteiger partial charge in [-0.15, -0.1) is 0 Å². The molecule has 0 saturated heterocycles. The highest BCUT2D eigenvalue weighted by Gasteiger charge is 2.27. The summed E-state index contributed by atoms with van der Waals surface area (Å²) in [6.45, 7) is -0.353. The van der Waals surface area contributed by atoms with E-state index in [1.807, 2.05) is 0 Å². The van der Waals surface area contributed by atoms with Crippen molar-refractivity contribution in [2.45, 2.75) is 5.51 Å². The summed E-state index contributed by atoms with van der Waals surface area (Å²) in [5, 5.41) is 0.0333. The molecule has 1 aromatic carbocycles. The molecule has 0 aliphatic rings. The topological polar surface area (TPSA) is 52.3 Å². The molecule has 100 valence electrons. The van der Waals surface area contributed by atoms with Crippen LogP contribution >= 0.6 is 23.4 Å². The maximum Gasteiger partial charge on any atom is 0.441 e. The molecule has 3 nitrogen and oxygen atoms in total. The molecule has 0 fully saturated rings. The number of thioether (sulfide) groups is 1. The van der Waals surface area contributed by atoms with Gasteiger partial charge in [0.05, 0.1) is 16.3 Å². The largest absolute Gasteiger partial charge is 0.461 e. The second kappa shape index (κ2) is 6.19. The Morgan fingerprint density at radius 2 is 2.11 bits per heavy atom.